The van der Waals surface area contributed by atoms with Crippen molar-refractivity contribution < 1.29 is 4.74 Å². The SMILES string of the molecule is Cc1ccc(NCc2cc(Cl)ccc2OCc2ccccc2)cc1Cl. The molecule has 3 rings (SSSR count). The molecule has 1 N–H and O–H groups in total. The molecule has 0 aliphatic heterocycles. The van der Waals surface area contributed by atoms with Crippen LogP contribution in [0.1, 0.15) is 16.7 Å². The average Bonchev–Trinajstić information content (AvgIpc) is 2.63. The topological polar surface area (TPSA) is 21.3 Å². The van der Waals surface area contributed by atoms with Crippen molar-refractivity contribution in [2.24, 2.45) is 0 Å². The number of ether oxygens (including phenoxy) is 1. The molecule has 3 aromatic rings. The Morgan fingerprint density at radius 2 is 1.72 bits per heavy atom. The maximum atomic E-state index is 6.18. The first-order valence-electron chi connectivity index (χ1n) is 8.07. The molecular formula is C21H19Cl2NO. The van der Waals surface area contributed by atoms with Crippen LogP contribution in [0.5, 0.6) is 5.75 Å². The third-order valence-electron chi connectivity index (χ3n) is 3.91. The Bertz CT molecular complexity index is 850. The van der Waals surface area contributed by atoms with Crippen LogP contribution in [0.2, 0.25) is 10.0 Å². The van der Waals surface area contributed by atoms with Gasteiger partial charge in [0, 0.05) is 27.8 Å². The van der Waals surface area contributed by atoms with E-state index in [4.69, 9.17) is 27.9 Å². The fraction of sp³-hybridized carbons (Fsp3) is 0.143. The first-order valence-corrected chi connectivity index (χ1v) is 8.82. The molecule has 0 saturated carbocycles. The molecule has 0 atom stereocenters. The zero-order valence-electron chi connectivity index (χ0n) is 13.9. The van der Waals surface area contributed by atoms with Gasteiger partial charge in [-0.15, -0.1) is 0 Å². The lowest BCUT2D eigenvalue weighted by atomic mass is 10.1. The molecule has 2 nitrogen and oxygen atoms in total. The van der Waals surface area contributed by atoms with Crippen molar-refractivity contribution >= 4 is 28.9 Å². The van der Waals surface area contributed by atoms with Crippen LogP contribution < -0.4 is 10.1 Å². The summed E-state index contributed by atoms with van der Waals surface area (Å²) in [5, 5.41) is 4.80. The van der Waals surface area contributed by atoms with Gasteiger partial charge in [-0.25, -0.2) is 0 Å². The largest absolute Gasteiger partial charge is 0.489 e. The van der Waals surface area contributed by atoms with Gasteiger partial charge in [-0.05, 0) is 48.4 Å². The molecule has 128 valence electrons. The van der Waals surface area contributed by atoms with Crippen LogP contribution in [0.4, 0.5) is 5.69 Å². The standard InChI is InChI=1S/C21H19Cl2NO/c1-15-7-9-19(12-20(15)23)24-13-17-11-18(22)8-10-21(17)25-14-16-5-3-2-4-6-16/h2-12,24H,13-14H2,1H3. The van der Waals surface area contributed by atoms with Gasteiger partial charge < -0.3 is 10.1 Å². The Balaban J connectivity index is 1.71. The number of aryl methyl sites for hydroxylation is 1. The molecule has 0 bridgehead atoms. The Labute approximate surface area is 158 Å². The van der Waals surface area contributed by atoms with Crippen molar-refractivity contribution in [1.29, 1.82) is 0 Å². The van der Waals surface area contributed by atoms with E-state index < -0.39 is 0 Å². The van der Waals surface area contributed by atoms with E-state index in [0.29, 0.717) is 18.2 Å². The van der Waals surface area contributed by atoms with Gasteiger partial charge in [-0.1, -0.05) is 59.6 Å². The Kier molecular flexibility index (Phi) is 5.85. The first kappa shape index (κ1) is 17.7. The third-order valence-corrected chi connectivity index (χ3v) is 4.56. The zero-order valence-corrected chi connectivity index (χ0v) is 15.4. The molecule has 25 heavy (non-hydrogen) atoms. The molecule has 0 heterocycles. The van der Waals surface area contributed by atoms with Crippen molar-refractivity contribution in [2.75, 3.05) is 5.32 Å². The van der Waals surface area contributed by atoms with Gasteiger partial charge >= 0.3 is 0 Å². The van der Waals surface area contributed by atoms with E-state index in [9.17, 15) is 0 Å². The second-order valence-corrected chi connectivity index (χ2v) is 6.69. The third kappa shape index (κ3) is 4.91. The minimum Gasteiger partial charge on any atom is -0.489 e. The predicted molar refractivity (Wildman–Crippen MR) is 106 cm³/mol. The summed E-state index contributed by atoms with van der Waals surface area (Å²) in [5.41, 5.74) is 4.15. The lowest BCUT2D eigenvalue weighted by molar-refractivity contribution is 0.303. The fourth-order valence-electron chi connectivity index (χ4n) is 2.46. The summed E-state index contributed by atoms with van der Waals surface area (Å²) in [6, 6.07) is 21.7. The van der Waals surface area contributed by atoms with Gasteiger partial charge in [0.15, 0.2) is 0 Å². The van der Waals surface area contributed by atoms with E-state index in [0.717, 1.165) is 33.1 Å². The molecule has 0 saturated heterocycles. The van der Waals surface area contributed by atoms with Crippen molar-refractivity contribution in [3.05, 3.63) is 93.5 Å². The summed E-state index contributed by atoms with van der Waals surface area (Å²) >= 11 is 12.3. The molecule has 0 fully saturated rings. The van der Waals surface area contributed by atoms with Crippen LogP contribution in [0.3, 0.4) is 0 Å². The summed E-state index contributed by atoms with van der Waals surface area (Å²) in [4.78, 5) is 0. The van der Waals surface area contributed by atoms with E-state index in [1.807, 2.05) is 73.7 Å². The zero-order chi connectivity index (χ0) is 17.6. The molecule has 0 spiro atoms. The monoisotopic (exact) mass is 371 g/mol. The highest BCUT2D eigenvalue weighted by Gasteiger charge is 2.06. The van der Waals surface area contributed by atoms with Crippen LogP contribution in [-0.4, -0.2) is 0 Å². The number of nitrogens with one attached hydrogen (secondary N) is 1. The minimum atomic E-state index is 0.520. The minimum absolute atomic E-state index is 0.520. The number of halogens is 2. The van der Waals surface area contributed by atoms with Gasteiger partial charge in [0.1, 0.15) is 12.4 Å². The van der Waals surface area contributed by atoms with Crippen LogP contribution in [0.25, 0.3) is 0 Å². The lowest BCUT2D eigenvalue weighted by Crippen LogP contribution is -2.04. The molecular weight excluding hydrogens is 353 g/mol. The van der Waals surface area contributed by atoms with Gasteiger partial charge in [-0.2, -0.15) is 0 Å². The smallest absolute Gasteiger partial charge is 0.124 e. The lowest BCUT2D eigenvalue weighted by Gasteiger charge is -2.14. The number of hydrogen-bond acceptors (Lipinski definition) is 2. The van der Waals surface area contributed by atoms with Crippen LogP contribution in [0, 0.1) is 6.92 Å². The summed E-state index contributed by atoms with van der Waals surface area (Å²) < 4.78 is 5.98. The molecule has 0 unspecified atom stereocenters. The summed E-state index contributed by atoms with van der Waals surface area (Å²) in [6.45, 7) is 3.11. The Morgan fingerprint density at radius 1 is 0.920 bits per heavy atom. The van der Waals surface area contributed by atoms with Gasteiger partial charge in [0.05, 0.1) is 0 Å². The highest BCUT2D eigenvalue weighted by molar-refractivity contribution is 6.31. The fourth-order valence-corrected chi connectivity index (χ4v) is 2.84. The second-order valence-electron chi connectivity index (χ2n) is 5.84. The molecule has 0 aliphatic carbocycles. The predicted octanol–water partition coefficient (Wildman–Crippen LogP) is 6.49. The molecule has 0 aromatic heterocycles. The van der Waals surface area contributed by atoms with Crippen molar-refractivity contribution in [1.82, 2.24) is 0 Å². The van der Waals surface area contributed by atoms with E-state index in [1.54, 1.807) is 0 Å². The quantitative estimate of drug-likeness (QED) is 0.534. The van der Waals surface area contributed by atoms with Gasteiger partial charge in [-0.3, -0.25) is 0 Å². The van der Waals surface area contributed by atoms with Crippen LogP contribution in [-0.2, 0) is 13.2 Å². The van der Waals surface area contributed by atoms with Crippen molar-refractivity contribution in [2.45, 2.75) is 20.1 Å². The van der Waals surface area contributed by atoms with E-state index in [2.05, 4.69) is 5.32 Å². The van der Waals surface area contributed by atoms with Gasteiger partial charge in [0.2, 0.25) is 0 Å². The van der Waals surface area contributed by atoms with Crippen molar-refractivity contribution in [3.63, 3.8) is 0 Å². The van der Waals surface area contributed by atoms with Gasteiger partial charge in [0.25, 0.3) is 0 Å². The number of rotatable bonds is 6. The summed E-state index contributed by atoms with van der Waals surface area (Å²) in [6.07, 6.45) is 0. The highest BCUT2D eigenvalue weighted by Crippen LogP contribution is 2.26. The average molecular weight is 372 g/mol. The van der Waals surface area contributed by atoms with Crippen LogP contribution in [0.15, 0.2) is 66.7 Å². The van der Waals surface area contributed by atoms with E-state index in [1.165, 1.54) is 0 Å². The number of hydrogen-bond donors (Lipinski definition) is 1. The first-order chi connectivity index (χ1) is 12.1. The molecule has 0 radical (unpaired) electrons. The molecule has 4 heteroatoms. The summed E-state index contributed by atoms with van der Waals surface area (Å²) in [5.74, 6) is 0.818. The maximum Gasteiger partial charge on any atom is 0.124 e. The van der Waals surface area contributed by atoms with Crippen molar-refractivity contribution in [3.8, 4) is 5.75 Å². The molecule has 3 aromatic carbocycles. The number of benzene rings is 3. The summed E-state index contributed by atoms with van der Waals surface area (Å²) in [7, 11) is 0. The molecule has 0 amide bonds. The van der Waals surface area contributed by atoms with E-state index in [-0.39, 0.29) is 0 Å². The molecule has 0 aliphatic rings. The second kappa shape index (κ2) is 8.28. The normalized spacial score (nSPS) is 10.5. The maximum absolute atomic E-state index is 6.18. The Morgan fingerprint density at radius 3 is 2.48 bits per heavy atom. The van der Waals surface area contributed by atoms with E-state index >= 15 is 0 Å². The Hall–Kier alpha value is -2.16. The van der Waals surface area contributed by atoms with Crippen LogP contribution >= 0.6 is 23.2 Å². The number of anilines is 1. The highest BCUT2D eigenvalue weighted by atomic mass is 35.5.